The van der Waals surface area contributed by atoms with Crippen molar-refractivity contribution in [2.75, 3.05) is 39.9 Å². The van der Waals surface area contributed by atoms with Crippen LogP contribution in [0.25, 0.3) is 0 Å². The molecule has 0 radical (unpaired) electrons. The van der Waals surface area contributed by atoms with E-state index < -0.39 is 0 Å². The highest BCUT2D eigenvalue weighted by Crippen LogP contribution is 2.54. The molecule has 2 saturated heterocycles. The fourth-order valence-electron chi connectivity index (χ4n) is 4.75. The van der Waals surface area contributed by atoms with Crippen LogP contribution in [0.4, 0.5) is 0 Å². The minimum Gasteiger partial charge on any atom is -0.469 e. The number of carbonyl (C=O) groups excluding carboxylic acids is 1. The van der Waals surface area contributed by atoms with E-state index in [-0.39, 0.29) is 11.3 Å². The molecule has 0 N–H and O–H groups in total. The van der Waals surface area contributed by atoms with Gasteiger partial charge in [-0.1, -0.05) is 0 Å². The fourth-order valence-corrected chi connectivity index (χ4v) is 4.75. The van der Waals surface area contributed by atoms with Crippen LogP contribution in [0.1, 0.15) is 40.6 Å². The standard InChI is InChI=1S/C21H27N3O3/c1-16-18(5-13-27-16)20(25)23-10-6-21(7-11-23)15-24(12-14-26-2)19(21)17-3-8-22-9-4-17/h3-5,8-9,13,19H,6-7,10-12,14-15H2,1-2H3. The molecule has 0 saturated carbocycles. The van der Waals surface area contributed by atoms with Gasteiger partial charge in [-0.15, -0.1) is 0 Å². The quantitative estimate of drug-likeness (QED) is 0.811. The van der Waals surface area contributed by atoms with Crippen molar-refractivity contribution in [2.24, 2.45) is 5.41 Å². The van der Waals surface area contributed by atoms with E-state index in [9.17, 15) is 4.79 Å². The molecule has 1 unspecified atom stereocenters. The number of amides is 1. The average molecular weight is 369 g/mol. The highest BCUT2D eigenvalue weighted by atomic mass is 16.5. The lowest BCUT2D eigenvalue weighted by Gasteiger charge is -2.60. The summed E-state index contributed by atoms with van der Waals surface area (Å²) < 4.78 is 10.6. The normalized spacial score (nSPS) is 22.0. The molecule has 1 amide bonds. The Morgan fingerprint density at radius 2 is 2.04 bits per heavy atom. The molecule has 144 valence electrons. The number of pyridine rings is 1. The Balaban J connectivity index is 1.47. The topological polar surface area (TPSA) is 58.8 Å². The second kappa shape index (κ2) is 7.44. The van der Waals surface area contributed by atoms with E-state index in [0.29, 0.717) is 17.4 Å². The van der Waals surface area contributed by atoms with Crippen molar-refractivity contribution in [1.29, 1.82) is 0 Å². The summed E-state index contributed by atoms with van der Waals surface area (Å²) in [6.45, 7) is 6.17. The first-order valence-electron chi connectivity index (χ1n) is 9.61. The lowest BCUT2D eigenvalue weighted by molar-refractivity contribution is -0.114. The van der Waals surface area contributed by atoms with Gasteiger partial charge >= 0.3 is 0 Å². The SMILES string of the molecule is COCCN1CC2(CCN(C(=O)c3ccoc3C)CC2)C1c1ccncc1. The molecule has 27 heavy (non-hydrogen) atoms. The average Bonchev–Trinajstić information content (AvgIpc) is 3.11. The number of aryl methyl sites for hydroxylation is 1. The number of ether oxygens (including phenoxy) is 1. The molecule has 2 aliphatic heterocycles. The first-order chi connectivity index (χ1) is 13.1. The van der Waals surface area contributed by atoms with Crippen LogP contribution >= 0.6 is 0 Å². The summed E-state index contributed by atoms with van der Waals surface area (Å²) >= 11 is 0. The first kappa shape index (κ1) is 18.2. The molecule has 1 spiro atoms. The van der Waals surface area contributed by atoms with E-state index in [1.165, 1.54) is 5.56 Å². The summed E-state index contributed by atoms with van der Waals surface area (Å²) in [4.78, 5) is 21.4. The van der Waals surface area contributed by atoms with Gasteiger partial charge in [-0.3, -0.25) is 14.7 Å². The maximum Gasteiger partial charge on any atom is 0.257 e. The second-order valence-electron chi connectivity index (χ2n) is 7.69. The van der Waals surface area contributed by atoms with Crippen molar-refractivity contribution in [3.63, 3.8) is 0 Å². The highest BCUT2D eigenvalue weighted by molar-refractivity contribution is 5.95. The van der Waals surface area contributed by atoms with Gasteiger partial charge in [-0.2, -0.15) is 0 Å². The van der Waals surface area contributed by atoms with Crippen molar-refractivity contribution in [1.82, 2.24) is 14.8 Å². The van der Waals surface area contributed by atoms with E-state index >= 15 is 0 Å². The molecular formula is C21H27N3O3. The predicted molar refractivity (Wildman–Crippen MR) is 101 cm³/mol. The number of hydrogen-bond acceptors (Lipinski definition) is 5. The van der Waals surface area contributed by atoms with Gasteiger partial charge in [0.15, 0.2) is 0 Å². The lowest BCUT2D eigenvalue weighted by atomic mass is 9.63. The number of nitrogens with zero attached hydrogens (tertiary/aromatic N) is 3. The van der Waals surface area contributed by atoms with Crippen molar-refractivity contribution < 1.29 is 13.9 Å². The third-order valence-corrected chi connectivity index (χ3v) is 6.20. The summed E-state index contributed by atoms with van der Waals surface area (Å²) in [6, 6.07) is 6.40. The third-order valence-electron chi connectivity index (χ3n) is 6.20. The summed E-state index contributed by atoms with van der Waals surface area (Å²) in [5.41, 5.74) is 2.24. The largest absolute Gasteiger partial charge is 0.469 e. The van der Waals surface area contributed by atoms with Gasteiger partial charge in [0, 0.05) is 57.1 Å². The van der Waals surface area contributed by atoms with E-state index in [1.807, 2.05) is 24.2 Å². The van der Waals surface area contributed by atoms with Crippen LogP contribution < -0.4 is 0 Å². The van der Waals surface area contributed by atoms with Gasteiger partial charge in [0.25, 0.3) is 5.91 Å². The number of furan rings is 1. The Labute approximate surface area is 160 Å². The van der Waals surface area contributed by atoms with Crippen LogP contribution in [0.5, 0.6) is 0 Å². The van der Waals surface area contributed by atoms with Crippen LogP contribution in [-0.2, 0) is 4.74 Å². The predicted octanol–water partition coefficient (Wildman–Crippen LogP) is 2.91. The zero-order valence-electron chi connectivity index (χ0n) is 16.1. The summed E-state index contributed by atoms with van der Waals surface area (Å²) in [5, 5.41) is 0. The number of likely N-dealkylation sites (tertiary alicyclic amines) is 2. The number of carbonyl (C=O) groups is 1. The molecule has 2 fully saturated rings. The maximum absolute atomic E-state index is 12.8. The molecule has 4 heterocycles. The van der Waals surface area contributed by atoms with E-state index in [0.717, 1.165) is 45.6 Å². The molecular weight excluding hydrogens is 342 g/mol. The van der Waals surface area contributed by atoms with Crippen LogP contribution in [0.15, 0.2) is 41.3 Å². The monoisotopic (exact) mass is 369 g/mol. The number of piperidine rings is 1. The van der Waals surface area contributed by atoms with Crippen LogP contribution in [0.3, 0.4) is 0 Å². The fraction of sp³-hybridized carbons (Fsp3) is 0.524. The van der Waals surface area contributed by atoms with Gasteiger partial charge in [-0.25, -0.2) is 0 Å². The molecule has 2 aromatic heterocycles. The Morgan fingerprint density at radius 3 is 2.67 bits per heavy atom. The number of methoxy groups -OCH3 is 1. The molecule has 4 rings (SSSR count). The summed E-state index contributed by atoms with van der Waals surface area (Å²) in [6.07, 6.45) is 7.37. The molecule has 6 heteroatoms. The Morgan fingerprint density at radius 1 is 1.30 bits per heavy atom. The van der Waals surface area contributed by atoms with Crippen molar-refractivity contribution in [2.45, 2.75) is 25.8 Å². The molecule has 6 nitrogen and oxygen atoms in total. The van der Waals surface area contributed by atoms with Crippen molar-refractivity contribution in [3.8, 4) is 0 Å². The smallest absolute Gasteiger partial charge is 0.257 e. The Hall–Kier alpha value is -2.18. The number of hydrogen-bond donors (Lipinski definition) is 0. The molecule has 0 bridgehead atoms. The lowest BCUT2D eigenvalue weighted by Crippen LogP contribution is -2.63. The summed E-state index contributed by atoms with van der Waals surface area (Å²) in [5.74, 6) is 0.788. The zero-order chi connectivity index (χ0) is 18.9. The van der Waals surface area contributed by atoms with Crippen molar-refractivity contribution in [3.05, 3.63) is 53.7 Å². The minimum atomic E-state index is 0.0899. The second-order valence-corrected chi connectivity index (χ2v) is 7.69. The third kappa shape index (κ3) is 3.28. The van der Waals surface area contributed by atoms with E-state index in [4.69, 9.17) is 9.15 Å². The molecule has 0 aliphatic carbocycles. The van der Waals surface area contributed by atoms with Gasteiger partial charge in [0.2, 0.25) is 0 Å². The van der Waals surface area contributed by atoms with E-state index in [2.05, 4.69) is 22.0 Å². The highest BCUT2D eigenvalue weighted by Gasteiger charge is 2.54. The molecule has 0 aromatic carbocycles. The van der Waals surface area contributed by atoms with Gasteiger partial charge in [-0.05, 0) is 43.5 Å². The van der Waals surface area contributed by atoms with Gasteiger partial charge < -0.3 is 14.1 Å². The Kier molecular flexibility index (Phi) is 5.02. The molecule has 2 aromatic rings. The summed E-state index contributed by atoms with van der Waals surface area (Å²) in [7, 11) is 1.75. The maximum atomic E-state index is 12.8. The van der Waals surface area contributed by atoms with E-state index in [1.54, 1.807) is 19.4 Å². The van der Waals surface area contributed by atoms with Gasteiger partial charge in [0.1, 0.15) is 5.76 Å². The van der Waals surface area contributed by atoms with Crippen LogP contribution in [0, 0.1) is 12.3 Å². The van der Waals surface area contributed by atoms with Crippen molar-refractivity contribution >= 4 is 5.91 Å². The van der Waals surface area contributed by atoms with Crippen LogP contribution in [-0.4, -0.2) is 60.6 Å². The Bertz CT molecular complexity index is 781. The zero-order valence-corrected chi connectivity index (χ0v) is 16.1. The molecule has 2 aliphatic rings. The van der Waals surface area contributed by atoms with Gasteiger partial charge in [0.05, 0.1) is 18.4 Å². The van der Waals surface area contributed by atoms with Crippen LogP contribution in [0.2, 0.25) is 0 Å². The molecule has 1 atom stereocenters. The number of aromatic nitrogens is 1. The number of rotatable bonds is 5. The minimum absolute atomic E-state index is 0.0899. The first-order valence-corrected chi connectivity index (χ1v) is 9.61.